The van der Waals surface area contributed by atoms with Crippen LogP contribution in [0.4, 0.5) is 5.69 Å². The first kappa shape index (κ1) is 18.4. The summed E-state index contributed by atoms with van der Waals surface area (Å²) in [6.07, 6.45) is 0. The Kier molecular flexibility index (Phi) is 4.57. The first-order valence-corrected chi connectivity index (χ1v) is 9.54. The van der Waals surface area contributed by atoms with Crippen LogP contribution in [0.25, 0.3) is 28.0 Å². The number of nitrogens with one attached hydrogen (secondary N) is 1. The Morgan fingerprint density at radius 3 is 2.35 bits per heavy atom. The highest BCUT2D eigenvalue weighted by Gasteiger charge is 2.19. The highest BCUT2D eigenvalue weighted by atomic mass is 16.3. The zero-order valence-electron chi connectivity index (χ0n) is 16.2. The molecule has 0 saturated heterocycles. The Bertz CT molecular complexity index is 1350. The fourth-order valence-corrected chi connectivity index (χ4v) is 3.28. The van der Waals surface area contributed by atoms with Gasteiger partial charge in [-0.15, -0.1) is 15.3 Å². The maximum Gasteiger partial charge on any atom is 0.335 e. The third-order valence-corrected chi connectivity index (χ3v) is 4.73. The Morgan fingerprint density at radius 1 is 0.903 bits per heavy atom. The molecule has 0 saturated carbocycles. The summed E-state index contributed by atoms with van der Waals surface area (Å²) in [5.41, 5.74) is 2.46. The van der Waals surface area contributed by atoms with Crippen LogP contribution in [0.2, 0.25) is 0 Å². The lowest BCUT2D eigenvalue weighted by Gasteiger charge is -2.05. The van der Waals surface area contributed by atoms with E-state index < -0.39 is 5.91 Å². The third-order valence-electron chi connectivity index (χ3n) is 4.73. The van der Waals surface area contributed by atoms with Crippen molar-refractivity contribution in [3.05, 3.63) is 90.8 Å². The van der Waals surface area contributed by atoms with Gasteiger partial charge in [-0.05, 0) is 18.2 Å². The molecule has 1 amide bonds. The molecule has 0 radical (unpaired) electrons. The second-order valence-electron chi connectivity index (χ2n) is 6.75. The van der Waals surface area contributed by atoms with E-state index in [1.54, 1.807) is 16.8 Å². The molecule has 5 aromatic rings. The van der Waals surface area contributed by atoms with Gasteiger partial charge in [0, 0.05) is 10.9 Å². The van der Waals surface area contributed by atoms with Gasteiger partial charge in [0.05, 0.1) is 11.2 Å². The molecular weight excluding hydrogens is 392 g/mol. The van der Waals surface area contributed by atoms with Gasteiger partial charge in [0.1, 0.15) is 0 Å². The van der Waals surface area contributed by atoms with Crippen molar-refractivity contribution in [1.82, 2.24) is 19.7 Å². The van der Waals surface area contributed by atoms with E-state index in [0.717, 1.165) is 11.3 Å². The number of nitrogens with zero attached hydrogens (tertiary/aromatic N) is 5. The number of carbonyl (C=O) groups is 1. The number of rotatable bonds is 4. The molecule has 8 nitrogen and oxygen atoms in total. The molecule has 150 valence electrons. The molecule has 0 atom stereocenters. The van der Waals surface area contributed by atoms with E-state index in [4.69, 9.17) is 0 Å². The number of amides is 1. The number of carbonyl (C=O) groups excluding carboxylic acids is 1. The molecule has 0 aliphatic heterocycles. The first-order chi connectivity index (χ1) is 15.2. The Balaban J connectivity index is 1.54. The molecule has 0 bridgehead atoms. The minimum absolute atomic E-state index is 0.0919. The summed E-state index contributed by atoms with van der Waals surface area (Å²) < 4.78 is 1.60. The summed E-state index contributed by atoms with van der Waals surface area (Å²) in [4.78, 5) is 19.9. The lowest BCUT2D eigenvalue weighted by Crippen LogP contribution is -2.01. The van der Waals surface area contributed by atoms with Crippen molar-refractivity contribution in [3.8, 4) is 23.0 Å². The van der Waals surface area contributed by atoms with Crippen molar-refractivity contribution in [3.63, 3.8) is 0 Å². The number of hydrogen-bond acceptors (Lipinski definition) is 5. The van der Waals surface area contributed by atoms with E-state index >= 15 is 0 Å². The Hall–Kier alpha value is -4.59. The molecule has 2 N–H and O–H groups in total. The van der Waals surface area contributed by atoms with Gasteiger partial charge < -0.3 is 10.1 Å². The fourth-order valence-electron chi connectivity index (χ4n) is 3.28. The standard InChI is InChI=1S/C23H16N6O2/c30-22-19(17-13-7-8-14-18(17)24-22)26-27-23(31)20-25-21(15-9-3-1-4-10-15)29(28-20)16-11-5-2-6-12-16/h1-14,24,30H. The molecule has 0 aliphatic carbocycles. The molecule has 0 unspecified atom stereocenters. The van der Waals surface area contributed by atoms with Crippen molar-refractivity contribution in [2.24, 2.45) is 10.2 Å². The van der Waals surface area contributed by atoms with Gasteiger partial charge in [-0.1, -0.05) is 66.7 Å². The molecule has 2 aromatic heterocycles. The van der Waals surface area contributed by atoms with E-state index in [-0.39, 0.29) is 17.4 Å². The van der Waals surface area contributed by atoms with E-state index in [1.807, 2.05) is 72.8 Å². The zero-order valence-corrected chi connectivity index (χ0v) is 16.2. The third kappa shape index (κ3) is 3.46. The van der Waals surface area contributed by atoms with Gasteiger partial charge in [0.2, 0.25) is 11.7 Å². The lowest BCUT2D eigenvalue weighted by molar-refractivity contribution is 0.0985. The quantitative estimate of drug-likeness (QED) is 0.406. The normalized spacial score (nSPS) is 11.4. The number of aromatic nitrogens is 4. The summed E-state index contributed by atoms with van der Waals surface area (Å²) in [7, 11) is 0. The number of para-hydroxylation sites is 2. The van der Waals surface area contributed by atoms with Gasteiger partial charge in [-0.2, -0.15) is 0 Å². The summed E-state index contributed by atoms with van der Waals surface area (Å²) in [5, 5.41) is 22.9. The number of H-pyrrole nitrogens is 1. The van der Waals surface area contributed by atoms with Crippen LogP contribution in [0.5, 0.6) is 5.88 Å². The number of fused-ring (bicyclic) bond motifs is 1. The smallest absolute Gasteiger partial charge is 0.335 e. The predicted octanol–water partition coefficient (Wildman–Crippen LogP) is 5.05. The van der Waals surface area contributed by atoms with Crippen LogP contribution >= 0.6 is 0 Å². The van der Waals surface area contributed by atoms with E-state index in [1.165, 1.54) is 0 Å². The summed E-state index contributed by atoms with van der Waals surface area (Å²) in [5.74, 6) is -0.451. The molecule has 8 heteroatoms. The van der Waals surface area contributed by atoms with Crippen LogP contribution in [-0.2, 0) is 0 Å². The Morgan fingerprint density at radius 2 is 1.58 bits per heavy atom. The number of benzene rings is 3. The van der Waals surface area contributed by atoms with Gasteiger partial charge in [-0.25, -0.2) is 9.67 Å². The highest BCUT2D eigenvalue weighted by Crippen LogP contribution is 2.35. The molecule has 2 heterocycles. The maximum absolute atomic E-state index is 12.7. The predicted molar refractivity (Wildman–Crippen MR) is 116 cm³/mol. The van der Waals surface area contributed by atoms with Crippen LogP contribution in [0.3, 0.4) is 0 Å². The van der Waals surface area contributed by atoms with Crippen molar-refractivity contribution in [2.75, 3.05) is 0 Å². The molecular formula is C23H16N6O2. The largest absolute Gasteiger partial charge is 0.493 e. The highest BCUT2D eigenvalue weighted by molar-refractivity contribution is 5.95. The Labute approximate surface area is 176 Å². The van der Waals surface area contributed by atoms with Crippen molar-refractivity contribution >= 4 is 22.5 Å². The van der Waals surface area contributed by atoms with Crippen LogP contribution in [-0.4, -0.2) is 30.8 Å². The van der Waals surface area contributed by atoms with Crippen molar-refractivity contribution in [1.29, 1.82) is 0 Å². The van der Waals surface area contributed by atoms with Crippen LogP contribution in [0, 0.1) is 0 Å². The second kappa shape index (κ2) is 7.68. The molecule has 5 rings (SSSR count). The SMILES string of the molecule is O=C(N=Nc1c(O)[nH]c2ccccc12)c1nc(-c2ccccc2)n(-c2ccccc2)n1. The van der Waals surface area contributed by atoms with Crippen LogP contribution in [0.1, 0.15) is 10.6 Å². The van der Waals surface area contributed by atoms with Crippen LogP contribution < -0.4 is 0 Å². The topological polar surface area (TPSA) is 109 Å². The number of azo groups is 1. The van der Waals surface area contributed by atoms with Gasteiger partial charge >= 0.3 is 5.91 Å². The van der Waals surface area contributed by atoms with Crippen molar-refractivity contribution in [2.45, 2.75) is 0 Å². The molecule has 31 heavy (non-hydrogen) atoms. The average molecular weight is 408 g/mol. The van der Waals surface area contributed by atoms with Gasteiger partial charge in [0.25, 0.3) is 0 Å². The van der Waals surface area contributed by atoms with E-state index in [2.05, 4.69) is 25.3 Å². The number of aromatic hydroxyl groups is 1. The van der Waals surface area contributed by atoms with E-state index in [0.29, 0.717) is 16.7 Å². The number of hydrogen-bond donors (Lipinski definition) is 2. The monoisotopic (exact) mass is 408 g/mol. The maximum atomic E-state index is 12.7. The lowest BCUT2D eigenvalue weighted by atomic mass is 10.2. The summed E-state index contributed by atoms with van der Waals surface area (Å²) in [6.45, 7) is 0. The fraction of sp³-hybridized carbons (Fsp3) is 0. The van der Waals surface area contributed by atoms with Crippen LogP contribution in [0.15, 0.2) is 95.2 Å². The average Bonchev–Trinajstić information content (AvgIpc) is 3.40. The van der Waals surface area contributed by atoms with Crippen molar-refractivity contribution < 1.29 is 9.90 Å². The first-order valence-electron chi connectivity index (χ1n) is 9.54. The molecule has 0 spiro atoms. The minimum atomic E-state index is -0.712. The molecule has 0 fully saturated rings. The second-order valence-corrected chi connectivity index (χ2v) is 6.75. The molecule has 0 aliphatic rings. The van der Waals surface area contributed by atoms with E-state index in [9.17, 15) is 9.90 Å². The van der Waals surface area contributed by atoms with Gasteiger partial charge in [0.15, 0.2) is 11.5 Å². The zero-order chi connectivity index (χ0) is 21.2. The molecule has 3 aromatic carbocycles. The minimum Gasteiger partial charge on any atom is -0.493 e. The number of aromatic amines is 1. The summed E-state index contributed by atoms with van der Waals surface area (Å²) >= 11 is 0. The summed E-state index contributed by atoms with van der Waals surface area (Å²) in [6, 6.07) is 26.1. The van der Waals surface area contributed by atoms with Gasteiger partial charge in [-0.3, -0.25) is 4.79 Å².